The number of hydrogen-bond acceptors (Lipinski definition) is 2. The minimum absolute atomic E-state index is 0.0241. The molecule has 0 saturated carbocycles. The zero-order valence-corrected chi connectivity index (χ0v) is 13.2. The summed E-state index contributed by atoms with van der Waals surface area (Å²) in [5.41, 5.74) is 0.858. The lowest BCUT2D eigenvalue weighted by Gasteiger charge is -2.32. The third kappa shape index (κ3) is 4.41. The first-order valence-corrected chi connectivity index (χ1v) is 7.65. The van der Waals surface area contributed by atoms with Gasteiger partial charge >= 0.3 is 0 Å². The van der Waals surface area contributed by atoms with Crippen LogP contribution in [0, 0.1) is 17.6 Å². The molecular formula is C18H21F2NO2. The molecule has 124 valence electrons. The first-order valence-electron chi connectivity index (χ1n) is 7.65. The van der Waals surface area contributed by atoms with Gasteiger partial charge in [-0.15, -0.1) is 0 Å². The van der Waals surface area contributed by atoms with Gasteiger partial charge in [0.1, 0.15) is 17.4 Å². The van der Waals surface area contributed by atoms with E-state index in [1.807, 2.05) is 6.92 Å². The summed E-state index contributed by atoms with van der Waals surface area (Å²) in [6, 6.07) is 3.61. The highest BCUT2D eigenvalue weighted by atomic mass is 19.1. The molecule has 0 radical (unpaired) electrons. The highest BCUT2D eigenvalue weighted by Crippen LogP contribution is 2.25. The van der Waals surface area contributed by atoms with Gasteiger partial charge in [0, 0.05) is 18.7 Å². The van der Waals surface area contributed by atoms with Gasteiger partial charge in [-0.3, -0.25) is 4.79 Å². The number of halogens is 2. The molecule has 1 aliphatic rings. The van der Waals surface area contributed by atoms with E-state index < -0.39 is 11.6 Å². The second-order valence-corrected chi connectivity index (χ2v) is 5.91. The van der Waals surface area contributed by atoms with Crippen LogP contribution in [0.4, 0.5) is 8.78 Å². The SMILES string of the molecule is C=C(O)/C=C(\C)C1CCN(C(=O)Cc2c(F)cccc2F)CC1. The number of rotatable bonds is 4. The van der Waals surface area contributed by atoms with Gasteiger partial charge in [0.05, 0.1) is 6.42 Å². The Morgan fingerprint density at radius 1 is 1.35 bits per heavy atom. The van der Waals surface area contributed by atoms with Gasteiger partial charge in [-0.05, 0) is 43.9 Å². The molecule has 1 aromatic rings. The molecule has 1 N–H and O–H groups in total. The normalized spacial score (nSPS) is 16.5. The van der Waals surface area contributed by atoms with Crippen molar-refractivity contribution in [3.63, 3.8) is 0 Å². The first kappa shape index (κ1) is 17.2. The second kappa shape index (κ2) is 7.40. The summed E-state index contributed by atoms with van der Waals surface area (Å²) >= 11 is 0. The Morgan fingerprint density at radius 2 is 1.91 bits per heavy atom. The molecule has 0 spiro atoms. The van der Waals surface area contributed by atoms with Crippen molar-refractivity contribution in [2.24, 2.45) is 5.92 Å². The molecule has 2 rings (SSSR count). The van der Waals surface area contributed by atoms with E-state index >= 15 is 0 Å². The highest BCUT2D eigenvalue weighted by Gasteiger charge is 2.25. The fourth-order valence-corrected chi connectivity index (χ4v) is 2.93. The Balaban J connectivity index is 1.95. The minimum Gasteiger partial charge on any atom is -0.509 e. The second-order valence-electron chi connectivity index (χ2n) is 5.91. The van der Waals surface area contributed by atoms with Crippen LogP contribution in [-0.4, -0.2) is 29.0 Å². The number of carbonyl (C=O) groups is 1. The van der Waals surface area contributed by atoms with Crippen molar-refractivity contribution >= 4 is 5.91 Å². The number of nitrogens with zero attached hydrogens (tertiary/aromatic N) is 1. The highest BCUT2D eigenvalue weighted by molar-refractivity contribution is 5.79. The average molecular weight is 321 g/mol. The largest absolute Gasteiger partial charge is 0.509 e. The zero-order valence-electron chi connectivity index (χ0n) is 13.2. The quantitative estimate of drug-likeness (QED) is 0.677. The standard InChI is InChI=1S/C18H21F2NO2/c1-12(10-13(2)22)14-6-8-21(9-7-14)18(23)11-15-16(19)4-3-5-17(15)20/h3-5,10,14,22H,2,6-9,11H2,1H3/b12-10+. The molecule has 0 aromatic heterocycles. The average Bonchev–Trinajstić information content (AvgIpc) is 2.50. The number of carbonyl (C=O) groups excluding carboxylic acids is 1. The van der Waals surface area contributed by atoms with E-state index in [1.165, 1.54) is 6.07 Å². The number of aliphatic hydroxyl groups is 1. The first-order chi connectivity index (χ1) is 10.9. The molecule has 1 fully saturated rings. The van der Waals surface area contributed by atoms with Crippen LogP contribution >= 0.6 is 0 Å². The molecule has 23 heavy (non-hydrogen) atoms. The van der Waals surface area contributed by atoms with Crippen LogP contribution in [0.3, 0.4) is 0 Å². The Hall–Kier alpha value is -2.17. The van der Waals surface area contributed by atoms with E-state index in [-0.39, 0.29) is 29.6 Å². The molecule has 3 nitrogen and oxygen atoms in total. The number of allylic oxidation sites excluding steroid dienone is 2. The molecule has 1 aromatic carbocycles. The van der Waals surface area contributed by atoms with Crippen molar-refractivity contribution in [1.82, 2.24) is 4.90 Å². The maximum absolute atomic E-state index is 13.6. The Morgan fingerprint density at radius 3 is 2.43 bits per heavy atom. The number of piperidine rings is 1. The minimum atomic E-state index is -0.687. The fourth-order valence-electron chi connectivity index (χ4n) is 2.93. The van der Waals surface area contributed by atoms with Crippen LogP contribution in [0.1, 0.15) is 25.3 Å². The number of amides is 1. The smallest absolute Gasteiger partial charge is 0.227 e. The van der Waals surface area contributed by atoms with Gasteiger partial charge < -0.3 is 10.0 Å². The van der Waals surface area contributed by atoms with Crippen molar-refractivity contribution in [3.8, 4) is 0 Å². The number of likely N-dealkylation sites (tertiary alicyclic amines) is 1. The predicted octanol–water partition coefficient (Wildman–Crippen LogP) is 3.76. The summed E-state index contributed by atoms with van der Waals surface area (Å²) < 4.78 is 27.2. The van der Waals surface area contributed by atoms with Gasteiger partial charge in [-0.1, -0.05) is 18.2 Å². The van der Waals surface area contributed by atoms with Crippen molar-refractivity contribution in [3.05, 3.63) is 59.4 Å². The lowest BCUT2D eigenvalue weighted by atomic mass is 9.89. The van der Waals surface area contributed by atoms with E-state index in [2.05, 4.69) is 6.58 Å². The molecular weight excluding hydrogens is 300 g/mol. The van der Waals surface area contributed by atoms with Crippen LogP contribution in [0.2, 0.25) is 0 Å². The third-order valence-corrected chi connectivity index (χ3v) is 4.28. The Labute approximate surface area is 134 Å². The van der Waals surface area contributed by atoms with E-state index in [4.69, 9.17) is 0 Å². The lowest BCUT2D eigenvalue weighted by Crippen LogP contribution is -2.39. The molecule has 0 atom stereocenters. The van der Waals surface area contributed by atoms with E-state index in [1.54, 1.807) is 11.0 Å². The van der Waals surface area contributed by atoms with Crippen LogP contribution in [0.5, 0.6) is 0 Å². The third-order valence-electron chi connectivity index (χ3n) is 4.28. The zero-order chi connectivity index (χ0) is 17.0. The van der Waals surface area contributed by atoms with Gasteiger partial charge in [0.2, 0.25) is 5.91 Å². The Kier molecular flexibility index (Phi) is 5.53. The van der Waals surface area contributed by atoms with Crippen LogP contribution in [0.25, 0.3) is 0 Å². The maximum Gasteiger partial charge on any atom is 0.227 e. The Bertz CT molecular complexity index is 612. The maximum atomic E-state index is 13.6. The summed E-state index contributed by atoms with van der Waals surface area (Å²) in [6.45, 7) is 6.46. The molecule has 1 heterocycles. The van der Waals surface area contributed by atoms with E-state index in [0.29, 0.717) is 13.1 Å². The van der Waals surface area contributed by atoms with Gasteiger partial charge in [0.15, 0.2) is 0 Å². The molecule has 1 aliphatic heterocycles. The van der Waals surface area contributed by atoms with Crippen molar-refractivity contribution in [2.75, 3.05) is 13.1 Å². The molecule has 0 bridgehead atoms. The van der Waals surface area contributed by atoms with Crippen LogP contribution in [0.15, 0.2) is 42.2 Å². The number of benzene rings is 1. The lowest BCUT2D eigenvalue weighted by molar-refractivity contribution is -0.131. The summed E-state index contributed by atoms with van der Waals surface area (Å²) in [5, 5.41) is 9.20. The monoisotopic (exact) mass is 321 g/mol. The van der Waals surface area contributed by atoms with E-state index in [0.717, 1.165) is 30.5 Å². The topological polar surface area (TPSA) is 40.5 Å². The number of aliphatic hydroxyl groups excluding tert-OH is 1. The summed E-state index contributed by atoms with van der Waals surface area (Å²) in [7, 11) is 0. The summed E-state index contributed by atoms with van der Waals surface area (Å²) in [6.07, 6.45) is 2.91. The van der Waals surface area contributed by atoms with Crippen LogP contribution < -0.4 is 0 Å². The van der Waals surface area contributed by atoms with Crippen LogP contribution in [-0.2, 0) is 11.2 Å². The van der Waals surface area contributed by atoms with Gasteiger partial charge in [-0.25, -0.2) is 8.78 Å². The molecule has 1 saturated heterocycles. The summed E-state index contributed by atoms with van der Waals surface area (Å²) in [4.78, 5) is 13.9. The molecule has 5 heteroatoms. The van der Waals surface area contributed by atoms with E-state index in [9.17, 15) is 18.7 Å². The molecule has 0 unspecified atom stereocenters. The van der Waals surface area contributed by atoms with Crippen molar-refractivity contribution in [1.29, 1.82) is 0 Å². The number of hydrogen-bond donors (Lipinski definition) is 1. The van der Waals surface area contributed by atoms with Crippen molar-refractivity contribution < 1.29 is 18.7 Å². The molecule has 0 aliphatic carbocycles. The van der Waals surface area contributed by atoms with Crippen molar-refractivity contribution in [2.45, 2.75) is 26.2 Å². The predicted molar refractivity (Wildman–Crippen MR) is 84.9 cm³/mol. The van der Waals surface area contributed by atoms with Gasteiger partial charge in [-0.2, -0.15) is 0 Å². The summed E-state index contributed by atoms with van der Waals surface area (Å²) in [5.74, 6) is -1.33. The van der Waals surface area contributed by atoms with Gasteiger partial charge in [0.25, 0.3) is 0 Å². The fraction of sp³-hybridized carbons (Fsp3) is 0.389. The molecule has 1 amide bonds.